The molecule has 0 spiro atoms. The zero-order valence-electron chi connectivity index (χ0n) is 5.97. The SMILES string of the molecule is Fc1c(F)c(F)c(Br)c(F)c1F.[Mg]. The molecule has 0 saturated carbocycles. The first-order valence-corrected chi connectivity index (χ1v) is 3.43. The summed E-state index contributed by atoms with van der Waals surface area (Å²) in [6, 6.07) is 0. The Balaban J connectivity index is 0.00000144. The second kappa shape index (κ2) is 4.56. The fraction of sp³-hybridized carbons (Fsp3) is 0. The lowest BCUT2D eigenvalue weighted by Gasteiger charge is -2.00. The van der Waals surface area contributed by atoms with Crippen LogP contribution in [0.2, 0.25) is 0 Å². The maximum atomic E-state index is 12.4. The molecular formula is C6BrF5Mg. The van der Waals surface area contributed by atoms with Gasteiger partial charge in [-0.25, -0.2) is 22.0 Å². The van der Waals surface area contributed by atoms with Crippen molar-refractivity contribution in [3.8, 4) is 0 Å². The van der Waals surface area contributed by atoms with Crippen molar-refractivity contribution in [3.63, 3.8) is 0 Å². The molecule has 7 heteroatoms. The summed E-state index contributed by atoms with van der Waals surface area (Å²) in [6.45, 7) is 0. The topological polar surface area (TPSA) is 0 Å². The lowest BCUT2D eigenvalue weighted by Crippen LogP contribution is -2.01. The highest BCUT2D eigenvalue weighted by Gasteiger charge is 2.23. The third-order valence-electron chi connectivity index (χ3n) is 1.16. The lowest BCUT2D eigenvalue weighted by molar-refractivity contribution is 0.374. The van der Waals surface area contributed by atoms with Crippen molar-refractivity contribution in [3.05, 3.63) is 33.6 Å². The van der Waals surface area contributed by atoms with E-state index in [0.29, 0.717) is 0 Å². The predicted molar refractivity (Wildman–Crippen MR) is 39.7 cm³/mol. The molecule has 1 aromatic rings. The molecule has 0 nitrogen and oxygen atoms in total. The summed E-state index contributed by atoms with van der Waals surface area (Å²) in [4.78, 5) is 0. The van der Waals surface area contributed by atoms with E-state index in [9.17, 15) is 22.0 Å². The predicted octanol–water partition coefficient (Wildman–Crippen LogP) is 2.76. The van der Waals surface area contributed by atoms with Crippen LogP contribution < -0.4 is 0 Å². The molecule has 1 rings (SSSR count). The largest absolute Gasteiger partial charge is 0.202 e. The Hall–Kier alpha value is 0.116. The van der Waals surface area contributed by atoms with Crippen LogP contribution in [0, 0.1) is 29.1 Å². The summed E-state index contributed by atoms with van der Waals surface area (Å²) < 4.78 is 60.3. The van der Waals surface area contributed by atoms with E-state index in [4.69, 9.17) is 0 Å². The Morgan fingerprint density at radius 2 is 0.846 bits per heavy atom. The number of halogens is 6. The van der Waals surface area contributed by atoms with Crippen LogP contribution in [0.25, 0.3) is 0 Å². The summed E-state index contributed by atoms with van der Waals surface area (Å²) in [7, 11) is 0. The summed E-state index contributed by atoms with van der Waals surface area (Å²) in [5, 5.41) is 0. The number of benzene rings is 1. The molecule has 0 saturated heterocycles. The molecule has 0 aliphatic heterocycles. The van der Waals surface area contributed by atoms with Gasteiger partial charge in [0.2, 0.25) is 5.82 Å². The van der Waals surface area contributed by atoms with Gasteiger partial charge in [-0.2, -0.15) is 0 Å². The van der Waals surface area contributed by atoms with Gasteiger partial charge in [0.05, 0.1) is 4.47 Å². The Morgan fingerprint density at radius 1 is 0.615 bits per heavy atom. The van der Waals surface area contributed by atoms with Crippen LogP contribution in [-0.4, -0.2) is 23.1 Å². The van der Waals surface area contributed by atoms with Crippen molar-refractivity contribution < 1.29 is 22.0 Å². The molecule has 0 aliphatic carbocycles. The van der Waals surface area contributed by atoms with Crippen molar-refractivity contribution in [2.75, 3.05) is 0 Å². The third kappa shape index (κ3) is 2.13. The second-order valence-corrected chi connectivity index (χ2v) is 2.68. The quantitative estimate of drug-likeness (QED) is 0.294. The first-order valence-electron chi connectivity index (χ1n) is 2.63. The smallest absolute Gasteiger partial charge is 0.200 e. The van der Waals surface area contributed by atoms with Gasteiger partial charge in [-0.1, -0.05) is 0 Å². The summed E-state index contributed by atoms with van der Waals surface area (Å²) >= 11 is 2.22. The zero-order chi connectivity index (χ0) is 9.46. The van der Waals surface area contributed by atoms with Crippen molar-refractivity contribution >= 4 is 39.0 Å². The van der Waals surface area contributed by atoms with Gasteiger partial charge in [-0.3, -0.25) is 0 Å². The second-order valence-electron chi connectivity index (χ2n) is 1.88. The van der Waals surface area contributed by atoms with Gasteiger partial charge in [-0.15, -0.1) is 0 Å². The van der Waals surface area contributed by atoms with Gasteiger partial charge in [-0.05, 0) is 15.9 Å². The van der Waals surface area contributed by atoms with Crippen LogP contribution in [0.3, 0.4) is 0 Å². The highest BCUT2D eigenvalue weighted by Crippen LogP contribution is 2.26. The molecule has 0 fully saturated rings. The minimum absolute atomic E-state index is 0. The number of hydrogen-bond donors (Lipinski definition) is 0. The summed E-state index contributed by atoms with van der Waals surface area (Å²) in [6.07, 6.45) is 0. The molecule has 2 radical (unpaired) electrons. The maximum Gasteiger partial charge on any atom is 0.200 e. The van der Waals surface area contributed by atoms with Gasteiger partial charge < -0.3 is 0 Å². The average Bonchev–Trinajstić information content (AvgIpc) is 2.08. The fourth-order valence-electron chi connectivity index (χ4n) is 0.578. The maximum absolute atomic E-state index is 12.4. The summed E-state index contributed by atoms with van der Waals surface area (Å²) in [5.74, 6) is -9.81. The van der Waals surface area contributed by atoms with Crippen LogP contribution in [0.5, 0.6) is 0 Å². The molecule has 0 aromatic heterocycles. The standard InChI is InChI=1S/C6BrF5.Mg/c7-1-2(8)4(10)6(12)5(11)3(1)9;. The van der Waals surface area contributed by atoms with E-state index in [2.05, 4.69) is 15.9 Å². The molecule has 1 aromatic carbocycles. The molecule has 0 N–H and O–H groups in total. The molecule has 13 heavy (non-hydrogen) atoms. The summed E-state index contributed by atoms with van der Waals surface area (Å²) in [5.41, 5.74) is 0. The molecule has 0 heterocycles. The van der Waals surface area contributed by atoms with E-state index >= 15 is 0 Å². The van der Waals surface area contributed by atoms with E-state index < -0.39 is 33.6 Å². The fourth-order valence-corrected chi connectivity index (χ4v) is 0.926. The van der Waals surface area contributed by atoms with E-state index in [1.54, 1.807) is 0 Å². The van der Waals surface area contributed by atoms with Crippen LogP contribution in [0.1, 0.15) is 0 Å². The molecule has 0 aliphatic rings. The Labute approximate surface area is 94.4 Å². The van der Waals surface area contributed by atoms with Crippen molar-refractivity contribution in [2.24, 2.45) is 0 Å². The van der Waals surface area contributed by atoms with Crippen molar-refractivity contribution in [1.82, 2.24) is 0 Å². The Morgan fingerprint density at radius 3 is 1.15 bits per heavy atom. The average molecular weight is 271 g/mol. The van der Waals surface area contributed by atoms with E-state index in [1.165, 1.54) is 0 Å². The number of rotatable bonds is 0. The van der Waals surface area contributed by atoms with Gasteiger partial charge in [0, 0.05) is 23.1 Å². The normalized spacial score (nSPS) is 9.69. The van der Waals surface area contributed by atoms with E-state index in [-0.39, 0.29) is 23.1 Å². The molecule has 0 unspecified atom stereocenters. The van der Waals surface area contributed by atoms with Crippen molar-refractivity contribution in [2.45, 2.75) is 0 Å². The molecule has 0 atom stereocenters. The van der Waals surface area contributed by atoms with Crippen LogP contribution in [-0.2, 0) is 0 Å². The first-order chi connectivity index (χ1) is 5.46. The van der Waals surface area contributed by atoms with Crippen LogP contribution in [0.15, 0.2) is 4.47 Å². The monoisotopic (exact) mass is 270 g/mol. The highest BCUT2D eigenvalue weighted by atomic mass is 79.9. The molecule has 68 valence electrons. The van der Waals surface area contributed by atoms with Crippen molar-refractivity contribution in [1.29, 1.82) is 0 Å². The van der Waals surface area contributed by atoms with Crippen LogP contribution >= 0.6 is 15.9 Å². The highest BCUT2D eigenvalue weighted by molar-refractivity contribution is 9.10. The molecular weight excluding hydrogens is 271 g/mol. The molecule has 0 amide bonds. The van der Waals surface area contributed by atoms with Gasteiger partial charge >= 0.3 is 0 Å². The number of hydrogen-bond acceptors (Lipinski definition) is 0. The minimum atomic E-state index is -2.16. The Kier molecular flexibility index (Phi) is 4.60. The Bertz CT molecular complexity index is 235. The first kappa shape index (κ1) is 13.1. The molecule has 0 bridgehead atoms. The van der Waals surface area contributed by atoms with Gasteiger partial charge in [0.1, 0.15) is 0 Å². The lowest BCUT2D eigenvalue weighted by atomic mass is 10.3. The zero-order valence-corrected chi connectivity index (χ0v) is 8.98. The van der Waals surface area contributed by atoms with Gasteiger partial charge in [0.15, 0.2) is 23.3 Å². The van der Waals surface area contributed by atoms with E-state index in [1.807, 2.05) is 0 Å². The third-order valence-corrected chi connectivity index (χ3v) is 1.85. The van der Waals surface area contributed by atoms with Crippen LogP contribution in [0.4, 0.5) is 22.0 Å². The van der Waals surface area contributed by atoms with Gasteiger partial charge in [0.25, 0.3) is 0 Å². The van der Waals surface area contributed by atoms with E-state index in [0.717, 1.165) is 0 Å². The minimum Gasteiger partial charge on any atom is -0.202 e.